The van der Waals surface area contributed by atoms with E-state index in [9.17, 15) is 9.30 Å². The molecule has 0 heterocycles. The molecule has 0 aliphatic rings. The summed E-state index contributed by atoms with van der Waals surface area (Å²) in [5.74, 6) is -0.202. The van der Waals surface area contributed by atoms with Gasteiger partial charge in [0.25, 0.3) is 0 Å². The van der Waals surface area contributed by atoms with Gasteiger partial charge in [0.2, 0.25) is 0 Å². The quantitative estimate of drug-likeness (QED) is 0.713. The lowest BCUT2D eigenvalue weighted by Crippen LogP contribution is -1.90. The molecule has 2 aromatic carbocycles. The Morgan fingerprint density at radius 1 is 1.05 bits per heavy atom. The molecule has 0 atom stereocenters. The Kier molecular flexibility index (Phi) is 4.39. The highest BCUT2D eigenvalue weighted by Crippen LogP contribution is 2.24. The van der Waals surface area contributed by atoms with E-state index in [-0.39, 0.29) is 12.4 Å². The van der Waals surface area contributed by atoms with E-state index in [1.165, 1.54) is 0 Å². The van der Waals surface area contributed by atoms with Gasteiger partial charge in [-0.15, -0.1) is 0 Å². The maximum Gasteiger partial charge on any atom is 0.131 e. The summed E-state index contributed by atoms with van der Waals surface area (Å²) in [6, 6.07) is 12.6. The van der Waals surface area contributed by atoms with Crippen LogP contribution < -0.4 is 0 Å². The van der Waals surface area contributed by atoms with Gasteiger partial charge >= 0.3 is 0 Å². The highest BCUT2D eigenvalue weighted by Gasteiger charge is 2.06. The van der Waals surface area contributed by atoms with Gasteiger partial charge in [-0.3, -0.25) is 0 Å². The number of hydrogen-bond donors (Lipinski definition) is 0. The molecule has 0 radical (unpaired) electrons. The van der Waals surface area contributed by atoms with E-state index in [1.807, 2.05) is 24.3 Å². The maximum absolute atomic E-state index is 14.0. The van der Waals surface area contributed by atoms with Gasteiger partial charge in [0.1, 0.15) is 12.4 Å². The first kappa shape index (κ1) is 13.4. The van der Waals surface area contributed by atoms with Crippen molar-refractivity contribution in [3.05, 3.63) is 64.3 Å². The summed E-state index contributed by atoms with van der Waals surface area (Å²) in [5, 5.41) is 2.83. The number of halogens is 1. The molecule has 98 valence electrons. The molecule has 0 unspecified atom stereocenters. The predicted molar refractivity (Wildman–Crippen MR) is 75.3 cm³/mol. The van der Waals surface area contributed by atoms with E-state index in [2.05, 4.69) is 12.1 Å². The zero-order valence-electron chi connectivity index (χ0n) is 10.9. The minimum Gasteiger partial charge on any atom is -0.206 e. The lowest BCUT2D eigenvalue weighted by atomic mass is 10.0. The van der Waals surface area contributed by atoms with Crippen LogP contribution in [0.25, 0.3) is 11.1 Å². The Labute approximate surface area is 112 Å². The molecule has 0 fully saturated rings. The predicted octanol–water partition coefficient (Wildman–Crippen LogP) is 4.71. The van der Waals surface area contributed by atoms with Crippen molar-refractivity contribution >= 4 is 0 Å². The monoisotopic (exact) mass is 257 g/mol. The van der Waals surface area contributed by atoms with Crippen LogP contribution >= 0.6 is 0 Å². The highest BCUT2D eigenvalue weighted by atomic mass is 19.1. The molecular formula is C16H16FNO. The van der Waals surface area contributed by atoms with Gasteiger partial charge in [0.05, 0.1) is 0 Å². The van der Waals surface area contributed by atoms with Crippen LogP contribution in [-0.4, -0.2) is 0 Å². The second-order valence-corrected chi connectivity index (χ2v) is 4.55. The van der Waals surface area contributed by atoms with Crippen molar-refractivity contribution in [3.8, 4) is 11.1 Å². The van der Waals surface area contributed by atoms with Crippen molar-refractivity contribution in [3.63, 3.8) is 0 Å². The Hall–Kier alpha value is -2.03. The minimum atomic E-state index is -0.202. The molecule has 0 N–H and O–H groups in total. The summed E-state index contributed by atoms with van der Waals surface area (Å²) in [5.41, 5.74) is 3.26. The van der Waals surface area contributed by atoms with Crippen molar-refractivity contribution in [1.82, 2.24) is 0 Å². The van der Waals surface area contributed by atoms with E-state index >= 15 is 0 Å². The average molecular weight is 257 g/mol. The summed E-state index contributed by atoms with van der Waals surface area (Å²) in [6.07, 6.45) is 1.90. The summed E-state index contributed by atoms with van der Waals surface area (Å²) in [6.45, 7) is 2.23. The van der Waals surface area contributed by atoms with Crippen LogP contribution in [-0.2, 0) is 13.0 Å². The molecule has 0 saturated heterocycles. The van der Waals surface area contributed by atoms with Crippen molar-refractivity contribution in [2.45, 2.75) is 26.3 Å². The normalized spacial score (nSPS) is 10.4. The van der Waals surface area contributed by atoms with Gasteiger partial charge in [-0.05, 0) is 29.2 Å². The molecule has 0 aliphatic heterocycles. The third-order valence-electron chi connectivity index (χ3n) is 3.08. The van der Waals surface area contributed by atoms with E-state index in [1.54, 1.807) is 18.2 Å². The molecule has 2 nitrogen and oxygen atoms in total. The van der Waals surface area contributed by atoms with Gasteiger partial charge in [-0.25, -0.2) is 4.39 Å². The number of nitrogens with zero attached hydrogens (tertiary/aromatic N) is 1. The molecule has 0 bridgehead atoms. The number of benzene rings is 2. The molecule has 0 spiro atoms. The summed E-state index contributed by atoms with van der Waals surface area (Å²) in [4.78, 5) is 10.2. The largest absolute Gasteiger partial charge is 0.206 e. The molecule has 0 saturated carbocycles. The van der Waals surface area contributed by atoms with E-state index in [0.717, 1.165) is 29.5 Å². The lowest BCUT2D eigenvalue weighted by molar-refractivity contribution is 0.628. The van der Waals surface area contributed by atoms with Crippen LogP contribution in [0.5, 0.6) is 0 Å². The molecule has 2 rings (SSSR count). The highest BCUT2D eigenvalue weighted by molar-refractivity contribution is 5.64. The van der Waals surface area contributed by atoms with Crippen LogP contribution in [0.4, 0.5) is 4.39 Å². The average Bonchev–Trinajstić information content (AvgIpc) is 2.41. The fourth-order valence-electron chi connectivity index (χ4n) is 2.10. The molecule has 19 heavy (non-hydrogen) atoms. The van der Waals surface area contributed by atoms with Crippen molar-refractivity contribution in [2.24, 2.45) is 5.18 Å². The summed E-state index contributed by atoms with van der Waals surface area (Å²) in [7, 11) is 0. The molecule has 0 aromatic heterocycles. The first-order chi connectivity index (χ1) is 9.24. The fraction of sp³-hybridized carbons (Fsp3) is 0.250. The number of aryl methyl sites for hydroxylation is 1. The number of nitroso groups, excluding NO2 is 1. The number of hydrogen-bond acceptors (Lipinski definition) is 2. The Morgan fingerprint density at radius 3 is 2.32 bits per heavy atom. The molecule has 2 aromatic rings. The Balaban J connectivity index is 2.28. The van der Waals surface area contributed by atoms with Crippen LogP contribution in [0.15, 0.2) is 47.6 Å². The number of rotatable bonds is 5. The van der Waals surface area contributed by atoms with Crippen molar-refractivity contribution in [2.75, 3.05) is 0 Å². The third kappa shape index (κ3) is 3.25. The second-order valence-electron chi connectivity index (χ2n) is 4.55. The fourth-order valence-corrected chi connectivity index (χ4v) is 2.10. The van der Waals surface area contributed by atoms with Gasteiger partial charge in [-0.2, -0.15) is 4.91 Å². The minimum absolute atomic E-state index is 0.151. The van der Waals surface area contributed by atoms with Gasteiger partial charge in [-0.1, -0.05) is 54.9 Å². The maximum atomic E-state index is 14.0. The Bertz CT molecular complexity index is 563. The summed E-state index contributed by atoms with van der Waals surface area (Å²) < 4.78 is 14.0. The lowest BCUT2D eigenvalue weighted by Gasteiger charge is -2.06. The van der Waals surface area contributed by atoms with Crippen molar-refractivity contribution < 1.29 is 4.39 Å². The van der Waals surface area contributed by atoms with E-state index in [0.29, 0.717) is 5.56 Å². The first-order valence-electron chi connectivity index (χ1n) is 6.41. The van der Waals surface area contributed by atoms with E-state index in [4.69, 9.17) is 0 Å². The third-order valence-corrected chi connectivity index (χ3v) is 3.08. The topological polar surface area (TPSA) is 29.4 Å². The SMILES string of the molecule is CCCc1ccc(-c2ccc(CN=O)cc2)c(F)c1. The van der Waals surface area contributed by atoms with Gasteiger partial charge < -0.3 is 0 Å². The molecule has 0 aliphatic carbocycles. The second kappa shape index (κ2) is 6.23. The van der Waals surface area contributed by atoms with Crippen molar-refractivity contribution in [1.29, 1.82) is 0 Å². The van der Waals surface area contributed by atoms with Crippen LogP contribution in [0.3, 0.4) is 0 Å². The Morgan fingerprint density at radius 2 is 1.74 bits per heavy atom. The smallest absolute Gasteiger partial charge is 0.131 e. The van der Waals surface area contributed by atoms with Crippen LogP contribution in [0, 0.1) is 10.7 Å². The first-order valence-corrected chi connectivity index (χ1v) is 6.41. The van der Waals surface area contributed by atoms with Gasteiger partial charge in [0, 0.05) is 5.56 Å². The van der Waals surface area contributed by atoms with Crippen LogP contribution in [0.1, 0.15) is 24.5 Å². The molecule has 0 amide bonds. The molecular weight excluding hydrogens is 241 g/mol. The molecule has 3 heteroatoms. The van der Waals surface area contributed by atoms with Gasteiger partial charge in [0.15, 0.2) is 0 Å². The van der Waals surface area contributed by atoms with E-state index < -0.39 is 0 Å². The standard InChI is InChI=1S/C16H16FNO/c1-2-3-12-6-9-15(16(17)10-12)14-7-4-13(5-8-14)11-18-19/h4-10H,2-3,11H2,1H3. The zero-order chi connectivity index (χ0) is 13.7. The summed E-state index contributed by atoms with van der Waals surface area (Å²) >= 11 is 0. The van der Waals surface area contributed by atoms with Crippen LogP contribution in [0.2, 0.25) is 0 Å². The zero-order valence-corrected chi connectivity index (χ0v) is 10.9.